The van der Waals surface area contributed by atoms with E-state index in [4.69, 9.17) is 0 Å². The molecule has 132 valence electrons. The lowest BCUT2D eigenvalue weighted by molar-refractivity contribution is -0.126. The highest BCUT2D eigenvalue weighted by Gasteiger charge is 2.30. The van der Waals surface area contributed by atoms with Crippen LogP contribution < -0.4 is 10.6 Å². The molecule has 0 aliphatic carbocycles. The largest absolute Gasteiger partial charge is 0.356 e. The second-order valence-electron chi connectivity index (χ2n) is 6.18. The zero-order chi connectivity index (χ0) is 18.0. The Bertz CT molecular complexity index is 799. The number of nitrogens with zero attached hydrogens (tertiary/aromatic N) is 1. The van der Waals surface area contributed by atoms with Crippen molar-refractivity contribution in [1.29, 1.82) is 0 Å². The Morgan fingerprint density at radius 1 is 1.44 bits per heavy atom. The maximum absolute atomic E-state index is 13.5. The van der Waals surface area contributed by atoms with Crippen molar-refractivity contribution in [2.75, 3.05) is 11.9 Å². The van der Waals surface area contributed by atoms with Crippen molar-refractivity contribution in [2.45, 2.75) is 39.0 Å². The van der Waals surface area contributed by atoms with Crippen LogP contribution in [0, 0.1) is 19.7 Å². The number of fused-ring (bicyclic) bond motifs is 1. The van der Waals surface area contributed by atoms with Crippen LogP contribution in [0.3, 0.4) is 0 Å². The highest BCUT2D eigenvalue weighted by atomic mass is 32.1. The molecule has 2 amide bonds. The van der Waals surface area contributed by atoms with Gasteiger partial charge in [0, 0.05) is 30.0 Å². The van der Waals surface area contributed by atoms with Crippen molar-refractivity contribution in [3.63, 3.8) is 0 Å². The first-order valence-corrected chi connectivity index (χ1v) is 9.05. The first-order valence-electron chi connectivity index (χ1n) is 8.24. The second-order valence-corrected chi connectivity index (χ2v) is 7.47. The number of hydrogen-bond acceptors (Lipinski definition) is 4. The topological polar surface area (TPSA) is 71.1 Å². The third kappa shape index (κ3) is 4.04. The van der Waals surface area contributed by atoms with Gasteiger partial charge in [-0.25, -0.2) is 9.37 Å². The lowest BCUT2D eigenvalue weighted by Crippen LogP contribution is -2.35. The molecule has 0 saturated heterocycles. The van der Waals surface area contributed by atoms with Gasteiger partial charge in [-0.3, -0.25) is 9.59 Å². The van der Waals surface area contributed by atoms with Crippen molar-refractivity contribution in [2.24, 2.45) is 0 Å². The Hall–Kier alpha value is -2.28. The van der Waals surface area contributed by atoms with Crippen LogP contribution in [0.5, 0.6) is 0 Å². The number of aryl methyl sites for hydroxylation is 3. The van der Waals surface area contributed by atoms with Crippen molar-refractivity contribution in [1.82, 2.24) is 10.3 Å². The summed E-state index contributed by atoms with van der Waals surface area (Å²) < 4.78 is 13.5. The van der Waals surface area contributed by atoms with Crippen LogP contribution in [0.15, 0.2) is 18.2 Å². The SMILES string of the molecule is Cc1nc(CCCNC(=O)C2CC(=O)Nc3ccc(F)cc32)sc1C. The fourth-order valence-corrected chi connectivity index (χ4v) is 3.86. The average Bonchev–Trinajstić information content (AvgIpc) is 2.89. The van der Waals surface area contributed by atoms with Gasteiger partial charge in [0.25, 0.3) is 0 Å². The van der Waals surface area contributed by atoms with E-state index in [0.29, 0.717) is 17.8 Å². The summed E-state index contributed by atoms with van der Waals surface area (Å²) >= 11 is 1.68. The fraction of sp³-hybridized carbons (Fsp3) is 0.389. The number of aromatic nitrogens is 1. The molecule has 7 heteroatoms. The number of carbonyl (C=O) groups is 2. The minimum Gasteiger partial charge on any atom is -0.356 e. The molecular weight excluding hydrogens is 341 g/mol. The molecule has 1 unspecified atom stereocenters. The predicted octanol–water partition coefficient (Wildman–Crippen LogP) is 3.07. The van der Waals surface area contributed by atoms with Gasteiger partial charge in [-0.2, -0.15) is 0 Å². The summed E-state index contributed by atoms with van der Waals surface area (Å²) in [4.78, 5) is 29.9. The number of amides is 2. The molecular formula is C18H20FN3O2S. The maximum atomic E-state index is 13.5. The molecule has 1 aromatic carbocycles. The minimum atomic E-state index is -0.649. The third-order valence-electron chi connectivity index (χ3n) is 4.31. The zero-order valence-electron chi connectivity index (χ0n) is 14.2. The number of thiazole rings is 1. The summed E-state index contributed by atoms with van der Waals surface area (Å²) in [6, 6.07) is 4.09. The molecule has 1 aromatic heterocycles. The van der Waals surface area contributed by atoms with Crippen LogP contribution in [-0.2, 0) is 16.0 Å². The maximum Gasteiger partial charge on any atom is 0.228 e. The molecule has 1 aliphatic heterocycles. The van der Waals surface area contributed by atoms with Gasteiger partial charge in [0.05, 0.1) is 16.6 Å². The average molecular weight is 361 g/mol. The zero-order valence-corrected chi connectivity index (χ0v) is 15.0. The fourth-order valence-electron chi connectivity index (χ4n) is 2.89. The number of carbonyl (C=O) groups excluding carboxylic acids is 2. The van der Waals surface area contributed by atoms with Gasteiger partial charge >= 0.3 is 0 Å². The second kappa shape index (κ2) is 7.31. The molecule has 0 radical (unpaired) electrons. The number of nitrogens with one attached hydrogen (secondary N) is 2. The van der Waals surface area contributed by atoms with E-state index < -0.39 is 11.7 Å². The molecule has 5 nitrogen and oxygen atoms in total. The molecule has 2 aromatic rings. The predicted molar refractivity (Wildman–Crippen MR) is 95.3 cm³/mol. The Kier molecular flexibility index (Phi) is 5.13. The van der Waals surface area contributed by atoms with Gasteiger partial charge in [0.1, 0.15) is 5.82 Å². The van der Waals surface area contributed by atoms with Crippen molar-refractivity contribution in [3.8, 4) is 0 Å². The Morgan fingerprint density at radius 3 is 2.96 bits per heavy atom. The molecule has 25 heavy (non-hydrogen) atoms. The minimum absolute atomic E-state index is 0.0349. The van der Waals surface area contributed by atoms with E-state index in [1.807, 2.05) is 13.8 Å². The number of rotatable bonds is 5. The normalized spacial score (nSPS) is 16.3. The molecule has 3 rings (SSSR count). The van der Waals surface area contributed by atoms with E-state index in [-0.39, 0.29) is 18.2 Å². The third-order valence-corrected chi connectivity index (χ3v) is 5.44. The summed E-state index contributed by atoms with van der Waals surface area (Å²) in [6.45, 7) is 4.53. The van der Waals surface area contributed by atoms with E-state index >= 15 is 0 Å². The summed E-state index contributed by atoms with van der Waals surface area (Å²) in [6.07, 6.45) is 1.61. The van der Waals surface area contributed by atoms with E-state index in [2.05, 4.69) is 15.6 Å². The summed E-state index contributed by atoms with van der Waals surface area (Å²) in [7, 11) is 0. The van der Waals surface area contributed by atoms with Crippen LogP contribution >= 0.6 is 11.3 Å². The van der Waals surface area contributed by atoms with Gasteiger partial charge in [0.2, 0.25) is 11.8 Å². The Balaban J connectivity index is 1.58. The van der Waals surface area contributed by atoms with E-state index in [0.717, 1.165) is 23.5 Å². The van der Waals surface area contributed by atoms with Crippen molar-refractivity contribution >= 4 is 28.8 Å². The molecule has 2 heterocycles. The van der Waals surface area contributed by atoms with E-state index in [1.165, 1.54) is 23.1 Å². The van der Waals surface area contributed by atoms with Gasteiger partial charge < -0.3 is 10.6 Å². The number of anilines is 1. The molecule has 0 bridgehead atoms. The lowest BCUT2D eigenvalue weighted by Gasteiger charge is -2.24. The van der Waals surface area contributed by atoms with Crippen molar-refractivity contribution < 1.29 is 14.0 Å². The lowest BCUT2D eigenvalue weighted by atomic mass is 9.89. The van der Waals surface area contributed by atoms with Gasteiger partial charge in [-0.05, 0) is 44.0 Å². The smallest absolute Gasteiger partial charge is 0.228 e. The van der Waals surface area contributed by atoms with Crippen LogP contribution in [0.2, 0.25) is 0 Å². The molecule has 0 spiro atoms. The first-order chi connectivity index (χ1) is 11.9. The van der Waals surface area contributed by atoms with Gasteiger partial charge in [0.15, 0.2) is 0 Å². The summed E-state index contributed by atoms with van der Waals surface area (Å²) in [5.74, 6) is -1.53. The number of halogens is 1. The molecule has 1 aliphatic rings. The molecule has 2 N–H and O–H groups in total. The highest BCUT2D eigenvalue weighted by molar-refractivity contribution is 7.11. The van der Waals surface area contributed by atoms with Crippen LogP contribution in [0.1, 0.15) is 39.9 Å². The van der Waals surface area contributed by atoms with Crippen LogP contribution in [0.4, 0.5) is 10.1 Å². The monoisotopic (exact) mass is 361 g/mol. The van der Waals surface area contributed by atoms with Crippen LogP contribution in [-0.4, -0.2) is 23.3 Å². The Morgan fingerprint density at radius 2 is 2.24 bits per heavy atom. The van der Waals surface area contributed by atoms with Crippen molar-refractivity contribution in [3.05, 3.63) is 45.2 Å². The van der Waals surface area contributed by atoms with Gasteiger partial charge in [-0.15, -0.1) is 11.3 Å². The highest BCUT2D eigenvalue weighted by Crippen LogP contribution is 2.32. The summed E-state index contributed by atoms with van der Waals surface area (Å²) in [5, 5.41) is 6.60. The summed E-state index contributed by atoms with van der Waals surface area (Å²) in [5.41, 5.74) is 2.09. The van der Waals surface area contributed by atoms with Gasteiger partial charge in [-0.1, -0.05) is 0 Å². The standard InChI is InChI=1S/C18H20FN3O2S/c1-10-11(2)25-17(21-10)4-3-7-20-18(24)14-9-16(23)22-15-6-5-12(19)8-13(14)15/h5-6,8,14H,3-4,7,9H2,1-2H3,(H,20,24)(H,22,23). The van der Waals surface area contributed by atoms with Crippen LogP contribution in [0.25, 0.3) is 0 Å². The molecule has 0 fully saturated rings. The quantitative estimate of drug-likeness (QED) is 0.804. The van der Waals surface area contributed by atoms with E-state index in [9.17, 15) is 14.0 Å². The Labute approximate surface area is 149 Å². The van der Waals surface area contributed by atoms with E-state index in [1.54, 1.807) is 11.3 Å². The number of benzene rings is 1. The number of hydrogen-bond donors (Lipinski definition) is 2. The first kappa shape index (κ1) is 17.5. The molecule has 0 saturated carbocycles. The molecule has 1 atom stereocenters.